The van der Waals surface area contributed by atoms with Crippen LogP contribution in [0.1, 0.15) is 47.7 Å². The third kappa shape index (κ3) is 3.01. The number of nitrogens with zero attached hydrogens (tertiary/aromatic N) is 1. The van der Waals surface area contributed by atoms with E-state index in [1.165, 1.54) is 0 Å². The molecule has 26 heavy (non-hydrogen) atoms. The van der Waals surface area contributed by atoms with Gasteiger partial charge in [-0.2, -0.15) is 0 Å². The van der Waals surface area contributed by atoms with Crippen LogP contribution in [0.4, 0.5) is 0 Å². The van der Waals surface area contributed by atoms with Crippen molar-refractivity contribution >= 4 is 17.7 Å². The molecular formula is C19H24N4O3. The number of fused-ring (bicyclic) bond motifs is 1. The minimum atomic E-state index is -0.565. The van der Waals surface area contributed by atoms with Crippen molar-refractivity contribution in [1.29, 1.82) is 0 Å². The normalized spacial score (nSPS) is 28.4. The van der Waals surface area contributed by atoms with E-state index in [1.54, 1.807) is 4.90 Å². The molecule has 0 saturated carbocycles. The number of benzene rings is 1. The largest absolute Gasteiger partial charge is 0.322 e. The first-order valence-electron chi connectivity index (χ1n) is 9.18. The van der Waals surface area contributed by atoms with E-state index in [0.29, 0.717) is 25.1 Å². The minimum Gasteiger partial charge on any atom is -0.322 e. The van der Waals surface area contributed by atoms with Gasteiger partial charge in [0.1, 0.15) is 6.04 Å². The van der Waals surface area contributed by atoms with Crippen LogP contribution in [0.25, 0.3) is 0 Å². The van der Waals surface area contributed by atoms with Gasteiger partial charge in [-0.1, -0.05) is 18.2 Å². The smallest absolute Gasteiger partial charge is 0.255 e. The van der Waals surface area contributed by atoms with E-state index in [2.05, 4.69) is 22.9 Å². The maximum atomic E-state index is 13.0. The summed E-state index contributed by atoms with van der Waals surface area (Å²) in [6.45, 7) is 5.15. The second kappa shape index (κ2) is 6.48. The van der Waals surface area contributed by atoms with Gasteiger partial charge in [-0.3, -0.25) is 19.7 Å². The highest BCUT2D eigenvalue weighted by Crippen LogP contribution is 2.30. The first kappa shape index (κ1) is 17.2. The van der Waals surface area contributed by atoms with E-state index in [0.717, 1.165) is 30.6 Å². The molecule has 2 fully saturated rings. The Hall–Kier alpha value is -2.25. The lowest BCUT2D eigenvalue weighted by Gasteiger charge is -2.29. The molecule has 0 aliphatic carbocycles. The minimum absolute atomic E-state index is 0.0354. The van der Waals surface area contributed by atoms with Gasteiger partial charge in [0.15, 0.2) is 0 Å². The summed E-state index contributed by atoms with van der Waals surface area (Å²) in [6.07, 6.45) is 1.72. The average Bonchev–Trinajstić information content (AvgIpc) is 3.18. The van der Waals surface area contributed by atoms with E-state index in [1.807, 2.05) is 18.2 Å². The first-order chi connectivity index (χ1) is 12.5. The summed E-state index contributed by atoms with van der Waals surface area (Å²) in [6, 6.07) is 5.32. The van der Waals surface area contributed by atoms with Crippen LogP contribution in [-0.2, 0) is 22.7 Å². The highest BCUT2D eigenvalue weighted by atomic mass is 16.2. The Morgan fingerprint density at radius 1 is 1.31 bits per heavy atom. The van der Waals surface area contributed by atoms with Crippen LogP contribution in [0.15, 0.2) is 18.2 Å². The molecule has 7 heteroatoms. The molecule has 0 bridgehead atoms. The molecule has 0 radical (unpaired) electrons. The Morgan fingerprint density at radius 2 is 2.15 bits per heavy atom. The average molecular weight is 356 g/mol. The van der Waals surface area contributed by atoms with E-state index >= 15 is 0 Å². The molecule has 0 aromatic heterocycles. The Kier molecular flexibility index (Phi) is 4.28. The standard InChI is InChI=1S/C19H24N4O3/c1-19(7-8-20-11-19)21-9-12-3-2-4-13-10-23(18(26)16(12)13)14-5-6-15(24)22-17(14)25/h2-4,14,20-21H,5-11H2,1H3,(H,22,24,25)/t14?,19-/m0/s1. The molecule has 1 aromatic carbocycles. The fourth-order valence-corrected chi connectivity index (χ4v) is 4.11. The van der Waals surface area contributed by atoms with Crippen molar-refractivity contribution in [2.45, 2.75) is 50.9 Å². The third-order valence-corrected chi connectivity index (χ3v) is 5.71. The SMILES string of the molecule is C[C@]1(NCc2cccc3c2C(=O)N(C2CCC(=O)NC2=O)C3)CCNC1. The number of amides is 3. The Morgan fingerprint density at radius 3 is 2.88 bits per heavy atom. The fraction of sp³-hybridized carbons (Fsp3) is 0.526. The predicted molar refractivity (Wildman–Crippen MR) is 95.2 cm³/mol. The number of nitrogens with one attached hydrogen (secondary N) is 3. The number of piperidine rings is 1. The summed E-state index contributed by atoms with van der Waals surface area (Å²) < 4.78 is 0. The van der Waals surface area contributed by atoms with Gasteiger partial charge in [0.2, 0.25) is 11.8 Å². The summed E-state index contributed by atoms with van der Waals surface area (Å²) in [5, 5.41) is 9.28. The van der Waals surface area contributed by atoms with E-state index in [-0.39, 0.29) is 29.7 Å². The number of carbonyl (C=O) groups is 3. The molecule has 0 spiro atoms. The molecule has 2 atom stereocenters. The second-order valence-corrected chi connectivity index (χ2v) is 7.69. The van der Waals surface area contributed by atoms with Crippen LogP contribution in [0.3, 0.4) is 0 Å². The maximum Gasteiger partial charge on any atom is 0.255 e. The van der Waals surface area contributed by atoms with Crippen molar-refractivity contribution in [3.8, 4) is 0 Å². The van der Waals surface area contributed by atoms with Crippen LogP contribution in [0, 0.1) is 0 Å². The Balaban J connectivity index is 1.53. The molecule has 3 aliphatic heterocycles. The zero-order valence-corrected chi connectivity index (χ0v) is 14.9. The van der Waals surface area contributed by atoms with Gasteiger partial charge in [0, 0.05) is 37.2 Å². The van der Waals surface area contributed by atoms with Crippen molar-refractivity contribution in [3.05, 3.63) is 34.9 Å². The molecule has 1 unspecified atom stereocenters. The van der Waals surface area contributed by atoms with Crippen molar-refractivity contribution in [1.82, 2.24) is 20.9 Å². The van der Waals surface area contributed by atoms with Crippen molar-refractivity contribution in [2.75, 3.05) is 13.1 Å². The second-order valence-electron chi connectivity index (χ2n) is 7.69. The molecule has 3 N–H and O–H groups in total. The quantitative estimate of drug-likeness (QED) is 0.675. The Bertz CT molecular complexity index is 770. The number of rotatable bonds is 4. The summed E-state index contributed by atoms with van der Waals surface area (Å²) in [5.74, 6) is -0.744. The summed E-state index contributed by atoms with van der Waals surface area (Å²) >= 11 is 0. The van der Waals surface area contributed by atoms with E-state index in [4.69, 9.17) is 0 Å². The van der Waals surface area contributed by atoms with Gasteiger partial charge in [-0.15, -0.1) is 0 Å². The lowest BCUT2D eigenvalue weighted by molar-refractivity contribution is -0.136. The van der Waals surface area contributed by atoms with Crippen molar-refractivity contribution in [3.63, 3.8) is 0 Å². The highest BCUT2D eigenvalue weighted by Gasteiger charge is 2.40. The molecule has 2 saturated heterocycles. The van der Waals surface area contributed by atoms with Gasteiger partial charge in [-0.05, 0) is 37.4 Å². The summed E-state index contributed by atoms with van der Waals surface area (Å²) in [4.78, 5) is 38.2. The number of imide groups is 1. The molecule has 3 aliphatic rings. The van der Waals surface area contributed by atoms with Gasteiger partial charge in [-0.25, -0.2) is 0 Å². The number of hydrogen-bond acceptors (Lipinski definition) is 5. The molecular weight excluding hydrogens is 332 g/mol. The molecule has 3 heterocycles. The monoisotopic (exact) mass is 356 g/mol. The van der Waals surface area contributed by atoms with Crippen molar-refractivity contribution < 1.29 is 14.4 Å². The zero-order valence-electron chi connectivity index (χ0n) is 14.9. The number of hydrogen-bond donors (Lipinski definition) is 3. The first-order valence-corrected chi connectivity index (χ1v) is 9.18. The van der Waals surface area contributed by atoms with Crippen LogP contribution in [-0.4, -0.2) is 47.3 Å². The molecule has 7 nitrogen and oxygen atoms in total. The van der Waals surface area contributed by atoms with E-state index in [9.17, 15) is 14.4 Å². The van der Waals surface area contributed by atoms with Gasteiger partial charge in [0.25, 0.3) is 5.91 Å². The topological polar surface area (TPSA) is 90.5 Å². The summed E-state index contributed by atoms with van der Waals surface area (Å²) in [5.41, 5.74) is 2.66. The lowest BCUT2D eigenvalue weighted by Crippen LogP contribution is -2.52. The van der Waals surface area contributed by atoms with Crippen molar-refractivity contribution in [2.24, 2.45) is 0 Å². The van der Waals surface area contributed by atoms with Crippen LogP contribution < -0.4 is 16.0 Å². The fourth-order valence-electron chi connectivity index (χ4n) is 4.11. The molecule has 3 amide bonds. The third-order valence-electron chi connectivity index (χ3n) is 5.71. The summed E-state index contributed by atoms with van der Waals surface area (Å²) in [7, 11) is 0. The van der Waals surface area contributed by atoms with E-state index < -0.39 is 6.04 Å². The highest BCUT2D eigenvalue weighted by molar-refractivity contribution is 6.05. The van der Waals surface area contributed by atoms with Crippen LogP contribution in [0.2, 0.25) is 0 Å². The number of carbonyl (C=O) groups excluding carboxylic acids is 3. The predicted octanol–water partition coefficient (Wildman–Crippen LogP) is 0.289. The lowest BCUT2D eigenvalue weighted by atomic mass is 9.99. The molecule has 4 rings (SSSR count). The Labute approximate surface area is 152 Å². The molecule has 138 valence electrons. The van der Waals surface area contributed by atoms with Crippen LogP contribution >= 0.6 is 0 Å². The van der Waals surface area contributed by atoms with Gasteiger partial charge < -0.3 is 15.5 Å². The van der Waals surface area contributed by atoms with Gasteiger partial charge >= 0.3 is 0 Å². The van der Waals surface area contributed by atoms with Gasteiger partial charge in [0.05, 0.1) is 0 Å². The maximum absolute atomic E-state index is 13.0. The zero-order chi connectivity index (χ0) is 18.3. The molecule has 1 aromatic rings. The van der Waals surface area contributed by atoms with Crippen LogP contribution in [0.5, 0.6) is 0 Å².